The highest BCUT2D eigenvalue weighted by atomic mass is 19.4. The average molecular weight is 362 g/mol. The zero-order valence-electron chi connectivity index (χ0n) is 13.5. The first kappa shape index (κ1) is 17.5. The maximum absolute atomic E-state index is 13.4. The van der Waals surface area contributed by atoms with Gasteiger partial charge in [0, 0.05) is 12.4 Å². The first-order valence-electron chi connectivity index (χ1n) is 7.47. The van der Waals surface area contributed by atoms with E-state index in [1.54, 1.807) is 29.0 Å². The molecule has 8 heteroatoms. The molecule has 0 aliphatic carbocycles. The van der Waals surface area contributed by atoms with Gasteiger partial charge in [-0.2, -0.15) is 13.2 Å². The second kappa shape index (κ2) is 6.55. The summed E-state index contributed by atoms with van der Waals surface area (Å²) in [5.74, 6) is -1.72. The molecule has 26 heavy (non-hydrogen) atoms. The van der Waals surface area contributed by atoms with Gasteiger partial charge in [0.1, 0.15) is 5.75 Å². The number of hydrogen-bond donors (Lipinski definition) is 1. The lowest BCUT2D eigenvalue weighted by Crippen LogP contribution is -2.11. The lowest BCUT2D eigenvalue weighted by Gasteiger charge is -2.17. The van der Waals surface area contributed by atoms with Gasteiger partial charge in [-0.15, -0.1) is 0 Å². The third kappa shape index (κ3) is 3.39. The van der Waals surface area contributed by atoms with E-state index in [1.807, 2.05) is 0 Å². The summed E-state index contributed by atoms with van der Waals surface area (Å²) >= 11 is 0. The molecule has 0 radical (unpaired) electrons. The normalized spacial score (nSPS) is 11.4. The zero-order chi connectivity index (χ0) is 18.9. The molecule has 1 aromatic heterocycles. The third-order valence-electron chi connectivity index (χ3n) is 3.73. The van der Waals surface area contributed by atoms with Crippen LogP contribution in [0.4, 0.5) is 13.2 Å². The molecule has 1 N–H and O–H groups in total. The Labute approximate surface area is 146 Å². The molecule has 0 fully saturated rings. The van der Waals surface area contributed by atoms with Gasteiger partial charge in [0.2, 0.25) is 0 Å². The first-order valence-corrected chi connectivity index (χ1v) is 7.47. The molecule has 2 aromatic carbocycles. The summed E-state index contributed by atoms with van der Waals surface area (Å²) in [5.41, 5.74) is -0.910. The van der Waals surface area contributed by atoms with Gasteiger partial charge in [-0.25, -0.2) is 9.78 Å². The van der Waals surface area contributed by atoms with Crippen LogP contribution in [0.15, 0.2) is 55.1 Å². The van der Waals surface area contributed by atoms with E-state index in [9.17, 15) is 18.0 Å². The van der Waals surface area contributed by atoms with E-state index < -0.39 is 29.0 Å². The van der Waals surface area contributed by atoms with Crippen LogP contribution in [0.5, 0.6) is 11.5 Å². The van der Waals surface area contributed by atoms with Crippen molar-refractivity contribution >= 4 is 5.97 Å². The van der Waals surface area contributed by atoms with Crippen molar-refractivity contribution in [2.24, 2.45) is 0 Å². The third-order valence-corrected chi connectivity index (χ3v) is 3.73. The highest BCUT2D eigenvalue weighted by molar-refractivity contribution is 5.90. The molecule has 0 spiro atoms. The van der Waals surface area contributed by atoms with E-state index in [4.69, 9.17) is 9.84 Å². The Bertz CT molecular complexity index is 951. The number of aromatic nitrogens is 2. The molecule has 1 heterocycles. The highest BCUT2D eigenvalue weighted by Crippen LogP contribution is 2.40. The second-order valence-corrected chi connectivity index (χ2v) is 5.51. The molecule has 0 atom stereocenters. The van der Waals surface area contributed by atoms with Crippen molar-refractivity contribution in [3.8, 4) is 17.2 Å². The molecule has 3 aromatic rings. The lowest BCUT2D eigenvalue weighted by atomic mass is 10.0. The number of benzene rings is 2. The fraction of sp³-hybridized carbons (Fsp3) is 0.111. The number of imidazole rings is 1. The fourth-order valence-corrected chi connectivity index (χ4v) is 2.49. The van der Waals surface area contributed by atoms with Gasteiger partial charge in [0.15, 0.2) is 5.75 Å². The van der Waals surface area contributed by atoms with Crippen LogP contribution in [0.25, 0.3) is 5.69 Å². The minimum atomic E-state index is -4.77. The molecular formula is C18H13F3N2O3. The second-order valence-electron chi connectivity index (χ2n) is 5.51. The van der Waals surface area contributed by atoms with Crippen LogP contribution in [0.2, 0.25) is 0 Å². The monoisotopic (exact) mass is 362 g/mol. The summed E-state index contributed by atoms with van der Waals surface area (Å²) in [5, 5.41) is 9.09. The van der Waals surface area contributed by atoms with Gasteiger partial charge in [0.25, 0.3) is 0 Å². The Kier molecular flexibility index (Phi) is 4.41. The molecule has 0 amide bonds. The largest absolute Gasteiger partial charge is 0.478 e. The minimum Gasteiger partial charge on any atom is -0.478 e. The van der Waals surface area contributed by atoms with Crippen LogP contribution in [0.3, 0.4) is 0 Å². The van der Waals surface area contributed by atoms with Crippen molar-refractivity contribution in [3.63, 3.8) is 0 Å². The van der Waals surface area contributed by atoms with Crippen LogP contribution in [-0.2, 0) is 6.18 Å². The molecule has 0 bridgehead atoms. The van der Waals surface area contributed by atoms with E-state index in [1.165, 1.54) is 25.5 Å². The van der Waals surface area contributed by atoms with Gasteiger partial charge in [0.05, 0.1) is 23.1 Å². The zero-order valence-corrected chi connectivity index (χ0v) is 13.5. The van der Waals surface area contributed by atoms with E-state index in [0.29, 0.717) is 11.8 Å². The molecule has 3 rings (SSSR count). The number of para-hydroxylation sites is 2. The Balaban J connectivity index is 2.12. The molecule has 0 aliphatic heterocycles. The number of carboxylic acids is 1. The standard InChI is InChI=1S/C18H13F3N2O3/c1-11-8-16(13(18(19,20)21)9-12(11)17(24)25)26-15-5-3-2-4-14(15)23-7-6-22-10-23/h2-10H,1H3,(H,24,25). The highest BCUT2D eigenvalue weighted by Gasteiger charge is 2.36. The van der Waals surface area contributed by atoms with Gasteiger partial charge in [-0.05, 0) is 36.8 Å². The van der Waals surface area contributed by atoms with Gasteiger partial charge < -0.3 is 14.4 Å². The van der Waals surface area contributed by atoms with Crippen LogP contribution >= 0.6 is 0 Å². The van der Waals surface area contributed by atoms with Gasteiger partial charge >= 0.3 is 12.1 Å². The van der Waals surface area contributed by atoms with Crippen LogP contribution in [0.1, 0.15) is 21.5 Å². The summed E-state index contributed by atoms with van der Waals surface area (Å²) < 4.78 is 47.4. The maximum atomic E-state index is 13.4. The van der Waals surface area contributed by atoms with E-state index >= 15 is 0 Å². The Morgan fingerprint density at radius 3 is 2.54 bits per heavy atom. The summed E-state index contributed by atoms with van der Waals surface area (Å²) in [6.45, 7) is 1.41. The molecule has 5 nitrogen and oxygen atoms in total. The Hall–Kier alpha value is -3.29. The van der Waals surface area contributed by atoms with Gasteiger partial charge in [-0.3, -0.25) is 0 Å². The number of ether oxygens (including phenoxy) is 1. The van der Waals surface area contributed by atoms with Crippen molar-refractivity contribution in [2.45, 2.75) is 13.1 Å². The smallest absolute Gasteiger partial charge is 0.420 e. The molecule has 0 saturated heterocycles. The summed E-state index contributed by atoms with van der Waals surface area (Å²) in [6.07, 6.45) is -0.113. The van der Waals surface area contributed by atoms with Crippen molar-refractivity contribution in [1.29, 1.82) is 0 Å². The van der Waals surface area contributed by atoms with Crippen molar-refractivity contribution < 1.29 is 27.8 Å². The number of aromatic carboxylic acids is 1. The van der Waals surface area contributed by atoms with Crippen molar-refractivity contribution in [1.82, 2.24) is 9.55 Å². The Morgan fingerprint density at radius 2 is 1.92 bits per heavy atom. The van der Waals surface area contributed by atoms with Gasteiger partial charge in [-0.1, -0.05) is 12.1 Å². The predicted molar refractivity (Wildman–Crippen MR) is 86.8 cm³/mol. The SMILES string of the molecule is Cc1cc(Oc2ccccc2-n2ccnc2)c(C(F)(F)F)cc1C(=O)O. The fourth-order valence-electron chi connectivity index (χ4n) is 2.49. The van der Waals surface area contributed by atoms with E-state index in [0.717, 1.165) is 6.07 Å². The molecule has 134 valence electrons. The molecule has 0 unspecified atom stereocenters. The summed E-state index contributed by atoms with van der Waals surface area (Å²) in [7, 11) is 0. The number of rotatable bonds is 4. The van der Waals surface area contributed by atoms with E-state index in [2.05, 4.69) is 4.98 Å². The minimum absolute atomic E-state index is 0.167. The van der Waals surface area contributed by atoms with Crippen molar-refractivity contribution in [3.05, 3.63) is 71.8 Å². The van der Waals surface area contributed by atoms with Crippen LogP contribution in [0, 0.1) is 6.92 Å². The van der Waals surface area contributed by atoms with Crippen LogP contribution < -0.4 is 4.74 Å². The molecular weight excluding hydrogens is 349 g/mol. The quantitative estimate of drug-likeness (QED) is 0.731. The Morgan fingerprint density at radius 1 is 1.19 bits per heavy atom. The predicted octanol–water partition coefficient (Wildman–Crippen LogP) is 4.69. The number of aryl methyl sites for hydroxylation is 1. The number of alkyl halides is 3. The number of nitrogens with zero attached hydrogens (tertiary/aromatic N) is 2. The van der Waals surface area contributed by atoms with E-state index in [-0.39, 0.29) is 11.3 Å². The molecule has 0 saturated carbocycles. The molecule has 0 aliphatic rings. The first-order chi connectivity index (χ1) is 12.3. The lowest BCUT2D eigenvalue weighted by molar-refractivity contribution is -0.138. The van der Waals surface area contributed by atoms with Crippen molar-refractivity contribution in [2.75, 3.05) is 0 Å². The number of hydrogen-bond acceptors (Lipinski definition) is 3. The number of carbonyl (C=O) groups is 1. The number of carboxylic acid groups (broad SMARTS) is 1. The van der Waals surface area contributed by atoms with Crippen LogP contribution in [-0.4, -0.2) is 20.6 Å². The topological polar surface area (TPSA) is 64.4 Å². The summed E-state index contributed by atoms with van der Waals surface area (Å²) in [4.78, 5) is 15.1. The maximum Gasteiger partial charge on any atom is 0.420 e. The average Bonchev–Trinajstić information content (AvgIpc) is 3.08. The number of halogens is 3. The summed E-state index contributed by atoms with van der Waals surface area (Å²) in [6, 6.07) is 8.20.